The largest absolute Gasteiger partial charge is 0.465 e. The van der Waals surface area contributed by atoms with Crippen LogP contribution in [-0.2, 0) is 23.4 Å². The van der Waals surface area contributed by atoms with Crippen LogP contribution in [0.15, 0.2) is 35.3 Å². The maximum Gasteiger partial charge on any atom is 0.459 e. The molecule has 0 spiro atoms. The van der Waals surface area contributed by atoms with Gasteiger partial charge >= 0.3 is 19.4 Å². The number of nitrogen functional groups attached to an aromatic ring is 1. The van der Waals surface area contributed by atoms with E-state index in [9.17, 15) is 24.4 Å². The number of nitrogens with one attached hydrogen (secondary N) is 1. The van der Waals surface area contributed by atoms with E-state index in [1.807, 2.05) is 32.9 Å². The third kappa shape index (κ3) is 7.05. The molecule has 1 aromatic carbocycles. The fourth-order valence-electron chi connectivity index (χ4n) is 4.13. The fourth-order valence-corrected chi connectivity index (χ4v) is 5.65. The average molecular weight is 569 g/mol. The molecule has 39 heavy (non-hydrogen) atoms. The number of nitrogens with zero attached hydrogens (tertiary/aromatic N) is 2. The summed E-state index contributed by atoms with van der Waals surface area (Å²) in [6, 6.07) is 5.70. The summed E-state index contributed by atoms with van der Waals surface area (Å²) in [6.07, 6.45) is -2.87. The summed E-state index contributed by atoms with van der Waals surface area (Å²) in [5, 5.41) is 24.4. The van der Waals surface area contributed by atoms with E-state index in [2.05, 4.69) is 10.1 Å². The number of carbonyl (C=O) groups excluding carboxylic acids is 1. The molecule has 1 aliphatic heterocycles. The average Bonchev–Trinajstić information content (AvgIpc) is 3.06. The Morgan fingerprint density at radius 2 is 2.03 bits per heavy atom. The zero-order chi connectivity index (χ0) is 29.1. The Hall–Kier alpha value is -2.80. The third-order valence-corrected chi connectivity index (χ3v) is 7.90. The number of anilines is 1. The van der Waals surface area contributed by atoms with Crippen LogP contribution in [0.4, 0.5) is 5.82 Å². The van der Waals surface area contributed by atoms with Crippen molar-refractivity contribution >= 4 is 19.5 Å². The molecule has 216 valence electrons. The van der Waals surface area contributed by atoms with Crippen LogP contribution in [0.1, 0.15) is 57.9 Å². The van der Waals surface area contributed by atoms with Crippen LogP contribution in [0.25, 0.3) is 0 Å². The van der Waals surface area contributed by atoms with Crippen molar-refractivity contribution in [3.8, 4) is 5.75 Å². The molecule has 3 rings (SSSR count). The molecule has 6 atom stereocenters. The fraction of sp³-hybridized carbons (Fsp3) is 0.560. The van der Waals surface area contributed by atoms with Crippen molar-refractivity contribution in [1.82, 2.24) is 14.6 Å². The highest BCUT2D eigenvalue weighted by molar-refractivity contribution is 7.52. The van der Waals surface area contributed by atoms with Crippen LogP contribution < -0.4 is 21.0 Å². The first-order valence-corrected chi connectivity index (χ1v) is 14.1. The molecule has 2 heterocycles. The second-order valence-corrected chi connectivity index (χ2v) is 11.6. The number of aliphatic hydroxyl groups excluding tert-OH is 1. The number of aromatic nitrogens is 2. The van der Waals surface area contributed by atoms with E-state index in [0.29, 0.717) is 0 Å². The SMILES string of the molecule is CCOC(=O)[C@H](C)NP(=O)(OC[C@H]1O[C@@H](n2ccc(N)nc2=O)[C@](C)(O)[C@@H]1O)Oc1cc(C)ccc1C(C)C. The highest BCUT2D eigenvalue weighted by Gasteiger charge is 2.54. The van der Waals surface area contributed by atoms with Crippen molar-refractivity contribution in [2.75, 3.05) is 18.9 Å². The number of esters is 1. The van der Waals surface area contributed by atoms with Gasteiger partial charge in [0.15, 0.2) is 6.23 Å². The lowest BCUT2D eigenvalue weighted by atomic mass is 9.96. The van der Waals surface area contributed by atoms with E-state index in [1.54, 1.807) is 13.0 Å². The van der Waals surface area contributed by atoms with Gasteiger partial charge in [0.25, 0.3) is 0 Å². The van der Waals surface area contributed by atoms with Crippen molar-refractivity contribution in [3.05, 3.63) is 52.1 Å². The van der Waals surface area contributed by atoms with Crippen molar-refractivity contribution in [2.24, 2.45) is 0 Å². The van der Waals surface area contributed by atoms with Crippen molar-refractivity contribution in [1.29, 1.82) is 0 Å². The zero-order valence-corrected chi connectivity index (χ0v) is 23.8. The van der Waals surface area contributed by atoms with Gasteiger partial charge < -0.3 is 29.9 Å². The maximum atomic E-state index is 14.0. The first-order valence-electron chi connectivity index (χ1n) is 12.6. The molecule has 1 aliphatic rings. The Balaban J connectivity index is 1.88. The zero-order valence-electron chi connectivity index (χ0n) is 22.9. The van der Waals surface area contributed by atoms with E-state index in [-0.39, 0.29) is 24.1 Å². The van der Waals surface area contributed by atoms with Gasteiger partial charge in [-0.25, -0.2) is 9.36 Å². The molecule has 1 unspecified atom stereocenters. The Morgan fingerprint density at radius 1 is 1.33 bits per heavy atom. The molecule has 1 aromatic heterocycles. The lowest BCUT2D eigenvalue weighted by Gasteiger charge is -2.27. The summed E-state index contributed by atoms with van der Waals surface area (Å²) >= 11 is 0. The van der Waals surface area contributed by atoms with Crippen LogP contribution in [0, 0.1) is 6.92 Å². The highest BCUT2D eigenvalue weighted by Crippen LogP contribution is 2.48. The Kier molecular flexibility index (Phi) is 9.58. The summed E-state index contributed by atoms with van der Waals surface area (Å²) < 4.78 is 37.4. The molecule has 13 nitrogen and oxygen atoms in total. The van der Waals surface area contributed by atoms with Crippen LogP contribution in [-0.4, -0.2) is 62.8 Å². The first kappa shape index (κ1) is 30.7. The van der Waals surface area contributed by atoms with Gasteiger partial charge in [0, 0.05) is 6.20 Å². The number of ether oxygens (including phenoxy) is 2. The minimum Gasteiger partial charge on any atom is -0.465 e. The summed E-state index contributed by atoms with van der Waals surface area (Å²) in [4.78, 5) is 28.3. The minimum absolute atomic E-state index is 0.0132. The number of benzene rings is 1. The van der Waals surface area contributed by atoms with Gasteiger partial charge in [-0.15, -0.1) is 0 Å². The molecule has 0 radical (unpaired) electrons. The second kappa shape index (κ2) is 12.2. The van der Waals surface area contributed by atoms with Crippen LogP contribution in [0.3, 0.4) is 0 Å². The molecule has 2 aromatic rings. The number of nitrogens with two attached hydrogens (primary N) is 1. The number of aliphatic hydroxyl groups is 2. The van der Waals surface area contributed by atoms with Gasteiger partial charge in [0.2, 0.25) is 0 Å². The van der Waals surface area contributed by atoms with E-state index in [4.69, 9.17) is 24.3 Å². The van der Waals surface area contributed by atoms with Gasteiger partial charge in [0.1, 0.15) is 35.4 Å². The Labute approximate surface area is 226 Å². The van der Waals surface area contributed by atoms with Gasteiger partial charge in [-0.3, -0.25) is 13.9 Å². The molecular weight excluding hydrogens is 531 g/mol. The van der Waals surface area contributed by atoms with E-state index in [0.717, 1.165) is 15.7 Å². The highest BCUT2D eigenvalue weighted by atomic mass is 31.2. The van der Waals surface area contributed by atoms with E-state index >= 15 is 0 Å². The van der Waals surface area contributed by atoms with Crippen LogP contribution >= 0.6 is 7.75 Å². The minimum atomic E-state index is -4.31. The Morgan fingerprint density at radius 3 is 2.64 bits per heavy atom. The molecule has 0 bridgehead atoms. The summed E-state index contributed by atoms with van der Waals surface area (Å²) in [6.45, 7) is 9.67. The molecule has 0 amide bonds. The van der Waals surface area contributed by atoms with Crippen molar-refractivity contribution in [2.45, 2.75) is 77.5 Å². The molecule has 1 fully saturated rings. The van der Waals surface area contributed by atoms with E-state index < -0.39 is 56.1 Å². The van der Waals surface area contributed by atoms with Crippen molar-refractivity contribution < 1.29 is 38.1 Å². The summed E-state index contributed by atoms with van der Waals surface area (Å²) in [5.74, 6) is -0.395. The maximum absolute atomic E-state index is 14.0. The molecule has 0 saturated carbocycles. The lowest BCUT2D eigenvalue weighted by Crippen LogP contribution is -2.46. The van der Waals surface area contributed by atoms with Gasteiger partial charge in [-0.05, 0) is 56.9 Å². The summed E-state index contributed by atoms with van der Waals surface area (Å²) in [5.41, 5.74) is 4.39. The van der Waals surface area contributed by atoms with Crippen molar-refractivity contribution in [3.63, 3.8) is 0 Å². The van der Waals surface area contributed by atoms with Gasteiger partial charge in [-0.1, -0.05) is 26.0 Å². The smallest absolute Gasteiger partial charge is 0.459 e. The third-order valence-electron chi connectivity index (χ3n) is 6.27. The molecule has 1 saturated heterocycles. The summed E-state index contributed by atoms with van der Waals surface area (Å²) in [7, 11) is -4.31. The standard InChI is InChI=1S/C25H37N4O9P/c1-7-35-22(31)16(5)28-39(34,38-18-12-15(4)8-9-17(18)14(2)3)36-13-19-21(30)25(6,33)23(37-19)29-11-10-20(26)27-24(29)32/h8-12,14,16,19,21,23,30,33H,7,13H2,1-6H3,(H,28,34)(H2,26,27,32)/t16-,19+,21+,23+,25+,39?/m0/s1. The monoisotopic (exact) mass is 568 g/mol. The van der Waals surface area contributed by atoms with E-state index in [1.165, 1.54) is 26.1 Å². The quantitative estimate of drug-likeness (QED) is 0.229. The number of carbonyl (C=O) groups is 1. The topological polar surface area (TPSA) is 184 Å². The number of aryl methyl sites for hydroxylation is 1. The van der Waals surface area contributed by atoms with Crippen LogP contribution in [0.2, 0.25) is 0 Å². The molecule has 0 aliphatic carbocycles. The predicted molar refractivity (Wildman–Crippen MR) is 142 cm³/mol. The van der Waals surface area contributed by atoms with Crippen LogP contribution in [0.5, 0.6) is 5.75 Å². The molecule has 5 N–H and O–H groups in total. The van der Waals surface area contributed by atoms with Gasteiger partial charge in [-0.2, -0.15) is 10.1 Å². The number of rotatable bonds is 11. The second-order valence-electron chi connectivity index (χ2n) is 9.92. The lowest BCUT2D eigenvalue weighted by molar-refractivity contribution is -0.144. The predicted octanol–water partition coefficient (Wildman–Crippen LogP) is 2.01. The first-order chi connectivity index (χ1) is 18.2. The van der Waals surface area contributed by atoms with Gasteiger partial charge in [0.05, 0.1) is 13.2 Å². The molecular formula is C25H37N4O9P. The number of hydrogen-bond acceptors (Lipinski definition) is 11. The molecule has 14 heteroatoms. The Bertz CT molecular complexity index is 1280. The number of hydrogen-bond donors (Lipinski definition) is 4. The normalized spacial score (nSPS) is 25.3.